The summed E-state index contributed by atoms with van der Waals surface area (Å²) < 4.78 is 4.24. The van der Waals surface area contributed by atoms with Crippen molar-refractivity contribution in [3.63, 3.8) is 0 Å². The van der Waals surface area contributed by atoms with E-state index >= 15 is 0 Å². The van der Waals surface area contributed by atoms with E-state index in [4.69, 9.17) is 0 Å². The van der Waals surface area contributed by atoms with Crippen LogP contribution in [0.2, 0.25) is 0 Å². The van der Waals surface area contributed by atoms with Gasteiger partial charge in [-0.15, -0.1) is 0 Å². The van der Waals surface area contributed by atoms with Gasteiger partial charge in [-0.1, -0.05) is 0 Å². The van der Waals surface area contributed by atoms with E-state index < -0.39 is 5.97 Å². The van der Waals surface area contributed by atoms with E-state index in [-0.39, 0.29) is 0 Å². The first-order valence-electron chi connectivity index (χ1n) is 2.28. The molecule has 0 fully saturated rings. The number of carbonyl (C=O) groups is 1. The quantitative estimate of drug-likeness (QED) is 0.296. The lowest BCUT2D eigenvalue weighted by molar-refractivity contribution is -0.129. The molecular formula is C5H8NO2. The van der Waals surface area contributed by atoms with Crippen LogP contribution >= 0.6 is 0 Å². The van der Waals surface area contributed by atoms with Crippen LogP contribution in [-0.2, 0) is 9.53 Å². The van der Waals surface area contributed by atoms with E-state index in [0.717, 1.165) is 6.40 Å². The molecule has 8 heavy (non-hydrogen) atoms. The summed E-state index contributed by atoms with van der Waals surface area (Å²) in [5.74, 6) is -0.581. The number of hydrogen-bond donors (Lipinski definition) is 0. The fraction of sp³-hybridized carbons (Fsp3) is 0.400. The predicted octanol–water partition coefficient (Wildman–Crippen LogP) is 0.412. The van der Waals surface area contributed by atoms with Crippen molar-refractivity contribution in [2.24, 2.45) is 4.99 Å². The minimum atomic E-state index is -0.581. The Hall–Kier alpha value is -0.860. The fourth-order valence-electron chi connectivity index (χ4n) is 0.171. The van der Waals surface area contributed by atoms with E-state index in [0.29, 0.717) is 6.54 Å². The van der Waals surface area contributed by atoms with Crippen LogP contribution in [-0.4, -0.2) is 18.9 Å². The molecule has 0 amide bonds. The molecule has 0 atom stereocenters. The maximum absolute atomic E-state index is 9.89. The zero-order valence-corrected chi connectivity index (χ0v) is 4.76. The largest absolute Gasteiger partial charge is 0.415 e. The molecule has 0 saturated heterocycles. The Morgan fingerprint density at radius 3 is 3.00 bits per heavy atom. The van der Waals surface area contributed by atoms with Crippen molar-refractivity contribution in [2.75, 3.05) is 6.54 Å². The Bertz CT molecular complexity index is 98.6. The monoisotopic (exact) mass is 114 g/mol. The Balaban J connectivity index is 3.16. The van der Waals surface area contributed by atoms with Gasteiger partial charge in [-0.3, -0.25) is 9.79 Å². The summed E-state index contributed by atoms with van der Waals surface area (Å²) in [4.78, 5) is 13.5. The summed E-state index contributed by atoms with van der Waals surface area (Å²) in [6.07, 6.45) is 1.09. The molecule has 1 radical (unpaired) electrons. The normalized spacial score (nSPS) is 9.75. The average Bonchev–Trinajstić information content (AvgIpc) is 1.66. The van der Waals surface area contributed by atoms with E-state index in [1.807, 2.05) is 6.92 Å². The lowest BCUT2D eigenvalue weighted by Crippen LogP contribution is -1.95. The van der Waals surface area contributed by atoms with Crippen molar-refractivity contribution in [1.82, 2.24) is 0 Å². The number of nitrogens with zero attached hydrogens (tertiary/aromatic N) is 1. The van der Waals surface area contributed by atoms with Crippen LogP contribution in [0.4, 0.5) is 0 Å². The number of carbonyl (C=O) groups excluding carboxylic acids is 1. The van der Waals surface area contributed by atoms with Gasteiger partial charge in [0.2, 0.25) is 0 Å². The smallest absolute Gasteiger partial charge is 0.312 e. The molecule has 0 N–H and O–H groups in total. The molecule has 0 heterocycles. The third kappa shape index (κ3) is 5.14. The van der Waals surface area contributed by atoms with Crippen molar-refractivity contribution in [3.05, 3.63) is 6.92 Å². The van der Waals surface area contributed by atoms with Gasteiger partial charge < -0.3 is 4.74 Å². The second kappa shape index (κ2) is 4.30. The summed E-state index contributed by atoms with van der Waals surface area (Å²) >= 11 is 0. The SMILES string of the molecule is [CH2]C(=O)O/C=N/CC. The van der Waals surface area contributed by atoms with E-state index in [2.05, 4.69) is 16.7 Å². The van der Waals surface area contributed by atoms with Gasteiger partial charge in [0.25, 0.3) is 0 Å². The van der Waals surface area contributed by atoms with Crippen LogP contribution in [0, 0.1) is 6.92 Å². The molecule has 0 aromatic carbocycles. The Labute approximate surface area is 48.4 Å². The predicted molar refractivity (Wildman–Crippen MR) is 30.5 cm³/mol. The van der Waals surface area contributed by atoms with Gasteiger partial charge in [0.1, 0.15) is 0 Å². The highest BCUT2D eigenvalue weighted by Crippen LogP contribution is 1.69. The standard InChI is InChI=1S/C5H8NO2/c1-3-6-4-8-5(2)7/h4H,2-3H2,1H3/b6-4+. The van der Waals surface area contributed by atoms with Crippen molar-refractivity contribution in [2.45, 2.75) is 6.92 Å². The zero-order chi connectivity index (χ0) is 6.41. The molecule has 45 valence electrons. The molecule has 0 aliphatic rings. The topological polar surface area (TPSA) is 38.7 Å². The Kier molecular flexibility index (Phi) is 3.84. The lowest BCUT2D eigenvalue weighted by Gasteiger charge is -1.85. The number of esters is 1. The summed E-state index contributed by atoms with van der Waals surface area (Å²) in [5, 5.41) is 0. The first kappa shape index (κ1) is 7.14. The van der Waals surface area contributed by atoms with Gasteiger partial charge in [-0.25, -0.2) is 0 Å². The first-order chi connectivity index (χ1) is 3.77. The third-order valence-corrected chi connectivity index (χ3v) is 0.441. The van der Waals surface area contributed by atoms with Gasteiger partial charge in [-0.05, 0) is 6.92 Å². The second-order valence-corrected chi connectivity index (χ2v) is 1.09. The molecule has 3 heteroatoms. The van der Waals surface area contributed by atoms with Crippen molar-refractivity contribution in [3.8, 4) is 0 Å². The summed E-state index contributed by atoms with van der Waals surface area (Å²) in [7, 11) is 0. The number of aliphatic imine (C=N–C) groups is 1. The summed E-state index contributed by atoms with van der Waals surface area (Å²) in [6.45, 7) is 5.42. The fourth-order valence-corrected chi connectivity index (χ4v) is 0.171. The first-order valence-corrected chi connectivity index (χ1v) is 2.28. The van der Waals surface area contributed by atoms with Crippen LogP contribution in [0.3, 0.4) is 0 Å². The second-order valence-electron chi connectivity index (χ2n) is 1.09. The minimum absolute atomic E-state index is 0.581. The number of ether oxygens (including phenoxy) is 1. The highest BCUT2D eigenvalue weighted by molar-refractivity contribution is 5.80. The van der Waals surface area contributed by atoms with Crippen molar-refractivity contribution >= 4 is 12.4 Å². The van der Waals surface area contributed by atoms with Crippen LogP contribution in [0.5, 0.6) is 0 Å². The van der Waals surface area contributed by atoms with E-state index in [1.165, 1.54) is 0 Å². The molecule has 3 nitrogen and oxygen atoms in total. The Morgan fingerprint density at radius 1 is 2.00 bits per heavy atom. The van der Waals surface area contributed by atoms with Gasteiger partial charge in [0.15, 0.2) is 6.40 Å². The van der Waals surface area contributed by atoms with Gasteiger partial charge in [0, 0.05) is 6.54 Å². The van der Waals surface area contributed by atoms with Gasteiger partial charge in [-0.2, -0.15) is 0 Å². The molecule has 0 bridgehead atoms. The van der Waals surface area contributed by atoms with Crippen LogP contribution in [0.15, 0.2) is 4.99 Å². The number of rotatable bonds is 2. The highest BCUT2D eigenvalue weighted by Gasteiger charge is 1.82. The zero-order valence-electron chi connectivity index (χ0n) is 4.76. The molecule has 0 unspecified atom stereocenters. The maximum atomic E-state index is 9.89. The van der Waals surface area contributed by atoms with E-state index in [9.17, 15) is 4.79 Å². The van der Waals surface area contributed by atoms with E-state index in [1.54, 1.807) is 0 Å². The van der Waals surface area contributed by atoms with Crippen molar-refractivity contribution in [1.29, 1.82) is 0 Å². The molecule has 0 aromatic heterocycles. The molecule has 0 saturated carbocycles. The minimum Gasteiger partial charge on any atom is -0.415 e. The molecule has 0 aliphatic heterocycles. The van der Waals surface area contributed by atoms with Crippen LogP contribution in [0.1, 0.15) is 6.92 Å². The van der Waals surface area contributed by atoms with Gasteiger partial charge >= 0.3 is 5.97 Å². The van der Waals surface area contributed by atoms with Crippen LogP contribution in [0.25, 0.3) is 0 Å². The average molecular weight is 114 g/mol. The number of hydrogen-bond acceptors (Lipinski definition) is 3. The lowest BCUT2D eigenvalue weighted by atomic mass is 10.8. The van der Waals surface area contributed by atoms with Crippen LogP contribution < -0.4 is 0 Å². The molecule has 0 rings (SSSR count). The molecular weight excluding hydrogens is 106 g/mol. The summed E-state index contributed by atoms with van der Waals surface area (Å²) in [6, 6.07) is 0. The molecule has 0 aliphatic carbocycles. The maximum Gasteiger partial charge on any atom is 0.312 e. The molecule has 0 spiro atoms. The van der Waals surface area contributed by atoms with Crippen molar-refractivity contribution < 1.29 is 9.53 Å². The molecule has 0 aromatic rings. The third-order valence-electron chi connectivity index (χ3n) is 0.441. The summed E-state index contributed by atoms with van der Waals surface area (Å²) in [5.41, 5.74) is 0. The van der Waals surface area contributed by atoms with Gasteiger partial charge in [0.05, 0.1) is 6.92 Å². The highest BCUT2D eigenvalue weighted by atomic mass is 16.5. The Morgan fingerprint density at radius 2 is 2.62 bits per heavy atom.